The van der Waals surface area contributed by atoms with E-state index in [2.05, 4.69) is 10.2 Å². The van der Waals surface area contributed by atoms with Crippen LogP contribution in [0.2, 0.25) is 0 Å². The molecule has 2 heterocycles. The number of likely N-dealkylation sites (N-methyl/N-ethyl adjacent to an activating group) is 1. The van der Waals surface area contributed by atoms with Gasteiger partial charge in [-0.25, -0.2) is 0 Å². The fourth-order valence-corrected chi connectivity index (χ4v) is 2.92. The minimum atomic E-state index is -0.573. The van der Waals surface area contributed by atoms with Crippen LogP contribution in [0.25, 0.3) is 0 Å². The summed E-state index contributed by atoms with van der Waals surface area (Å²) in [5.74, 6) is -0.120. The molecule has 0 radical (unpaired) electrons. The topological polar surface area (TPSA) is 61.9 Å². The Labute approximate surface area is 130 Å². The smallest absolute Gasteiger partial charge is 0.248 e. The van der Waals surface area contributed by atoms with Crippen LogP contribution in [0.4, 0.5) is 0 Å². The summed E-state index contributed by atoms with van der Waals surface area (Å²) in [7, 11) is 1.96. The Kier molecular flexibility index (Phi) is 4.40. The molecule has 2 aliphatic rings. The number of hydrogen-bond acceptors (Lipinski definition) is 4. The molecular formula is C16H21N3O3. The fraction of sp³-hybridized carbons (Fsp3) is 0.500. The number of carbonyl (C=O) groups excluding carboxylic acids is 2. The molecule has 2 saturated heterocycles. The second-order valence-corrected chi connectivity index (χ2v) is 5.87. The quantitative estimate of drug-likeness (QED) is 0.840. The number of benzene rings is 1. The Hall–Kier alpha value is -1.92. The molecule has 6 nitrogen and oxygen atoms in total. The van der Waals surface area contributed by atoms with E-state index in [9.17, 15) is 9.59 Å². The lowest BCUT2D eigenvalue weighted by atomic mass is 10.0. The number of nitrogens with zero attached hydrogens (tertiary/aromatic N) is 2. The second-order valence-electron chi connectivity index (χ2n) is 5.87. The van der Waals surface area contributed by atoms with Crippen LogP contribution in [0.1, 0.15) is 5.56 Å². The SMILES string of the molecule is CN1CCN2C(=O)C(COCc3ccccc3)NC(=O)C2C1. The number of carbonyl (C=O) groups is 2. The van der Waals surface area contributed by atoms with Crippen molar-refractivity contribution in [1.82, 2.24) is 15.1 Å². The molecule has 1 aromatic rings. The average Bonchev–Trinajstić information content (AvgIpc) is 2.53. The molecule has 6 heteroatoms. The van der Waals surface area contributed by atoms with Crippen molar-refractivity contribution in [3.63, 3.8) is 0 Å². The molecule has 0 bridgehead atoms. The van der Waals surface area contributed by atoms with E-state index < -0.39 is 6.04 Å². The number of fused-ring (bicyclic) bond motifs is 1. The maximum atomic E-state index is 12.5. The summed E-state index contributed by atoms with van der Waals surface area (Å²) in [4.78, 5) is 28.4. The minimum Gasteiger partial charge on any atom is -0.374 e. The molecule has 0 saturated carbocycles. The van der Waals surface area contributed by atoms with E-state index in [4.69, 9.17) is 4.74 Å². The maximum Gasteiger partial charge on any atom is 0.248 e. The zero-order valence-corrected chi connectivity index (χ0v) is 12.7. The van der Waals surface area contributed by atoms with E-state index >= 15 is 0 Å². The molecule has 2 aliphatic heterocycles. The van der Waals surface area contributed by atoms with Gasteiger partial charge in [-0.15, -0.1) is 0 Å². The van der Waals surface area contributed by atoms with Gasteiger partial charge in [-0.3, -0.25) is 9.59 Å². The summed E-state index contributed by atoms with van der Waals surface area (Å²) in [5, 5.41) is 2.79. The Bertz CT molecular complexity index is 549. The van der Waals surface area contributed by atoms with Crippen molar-refractivity contribution >= 4 is 11.8 Å². The maximum absolute atomic E-state index is 12.5. The zero-order valence-electron chi connectivity index (χ0n) is 12.7. The number of nitrogens with one attached hydrogen (secondary N) is 1. The number of rotatable bonds is 4. The molecule has 118 valence electrons. The van der Waals surface area contributed by atoms with Crippen molar-refractivity contribution < 1.29 is 14.3 Å². The molecule has 2 amide bonds. The molecule has 0 spiro atoms. The molecule has 0 aromatic heterocycles. The van der Waals surface area contributed by atoms with Gasteiger partial charge in [-0.1, -0.05) is 30.3 Å². The summed E-state index contributed by atoms with van der Waals surface area (Å²) in [5.41, 5.74) is 1.05. The third-order valence-electron chi connectivity index (χ3n) is 4.18. The van der Waals surface area contributed by atoms with Crippen LogP contribution < -0.4 is 5.32 Å². The number of hydrogen-bond donors (Lipinski definition) is 1. The van der Waals surface area contributed by atoms with Gasteiger partial charge in [0.1, 0.15) is 12.1 Å². The third-order valence-corrected chi connectivity index (χ3v) is 4.18. The van der Waals surface area contributed by atoms with Gasteiger partial charge < -0.3 is 19.9 Å². The van der Waals surface area contributed by atoms with Crippen LogP contribution in [0.15, 0.2) is 30.3 Å². The molecule has 1 N–H and O–H groups in total. The first-order valence-corrected chi connectivity index (χ1v) is 7.56. The molecule has 2 atom stereocenters. The Morgan fingerprint density at radius 3 is 2.77 bits per heavy atom. The highest BCUT2D eigenvalue weighted by Crippen LogP contribution is 2.15. The molecular weight excluding hydrogens is 282 g/mol. The van der Waals surface area contributed by atoms with Gasteiger partial charge in [-0.2, -0.15) is 0 Å². The monoisotopic (exact) mass is 303 g/mol. The van der Waals surface area contributed by atoms with E-state index in [1.54, 1.807) is 4.90 Å². The lowest BCUT2D eigenvalue weighted by Crippen LogP contribution is -2.69. The normalized spacial score (nSPS) is 25.8. The van der Waals surface area contributed by atoms with Gasteiger partial charge in [0.05, 0.1) is 13.2 Å². The van der Waals surface area contributed by atoms with Crippen LogP contribution in [-0.4, -0.2) is 67.0 Å². The Balaban J connectivity index is 1.56. The van der Waals surface area contributed by atoms with Gasteiger partial charge in [0.2, 0.25) is 11.8 Å². The minimum absolute atomic E-state index is 0.0363. The predicted octanol–water partition coefficient (Wildman–Crippen LogP) is -0.156. The van der Waals surface area contributed by atoms with Crippen LogP contribution in [0, 0.1) is 0 Å². The number of amides is 2. The van der Waals surface area contributed by atoms with Crippen LogP contribution in [-0.2, 0) is 20.9 Å². The van der Waals surface area contributed by atoms with E-state index in [1.807, 2.05) is 37.4 Å². The van der Waals surface area contributed by atoms with Gasteiger partial charge in [0.25, 0.3) is 0 Å². The second kappa shape index (κ2) is 6.46. The highest BCUT2D eigenvalue weighted by molar-refractivity contribution is 5.97. The Morgan fingerprint density at radius 2 is 2.00 bits per heavy atom. The summed E-state index contributed by atoms with van der Waals surface area (Å²) in [6, 6.07) is 8.84. The van der Waals surface area contributed by atoms with E-state index in [0.717, 1.165) is 12.1 Å². The first-order valence-electron chi connectivity index (χ1n) is 7.56. The van der Waals surface area contributed by atoms with Crippen LogP contribution >= 0.6 is 0 Å². The standard InChI is InChI=1S/C16H21N3O3/c1-18-7-8-19-14(9-18)15(20)17-13(16(19)21)11-22-10-12-5-3-2-4-6-12/h2-6,13-14H,7-11H2,1H3,(H,17,20). The van der Waals surface area contributed by atoms with Crippen LogP contribution in [0.3, 0.4) is 0 Å². The van der Waals surface area contributed by atoms with Gasteiger partial charge in [-0.05, 0) is 12.6 Å². The van der Waals surface area contributed by atoms with Gasteiger partial charge >= 0.3 is 0 Å². The first kappa shape index (κ1) is 15.0. The molecule has 3 rings (SSSR count). The lowest BCUT2D eigenvalue weighted by molar-refractivity contribution is -0.154. The van der Waals surface area contributed by atoms with Crippen molar-refractivity contribution in [2.24, 2.45) is 0 Å². The lowest BCUT2D eigenvalue weighted by Gasteiger charge is -2.44. The zero-order chi connectivity index (χ0) is 15.5. The fourth-order valence-electron chi connectivity index (χ4n) is 2.92. The van der Waals surface area contributed by atoms with E-state index in [0.29, 0.717) is 19.7 Å². The van der Waals surface area contributed by atoms with Crippen molar-refractivity contribution in [3.8, 4) is 0 Å². The molecule has 1 aromatic carbocycles. The summed E-state index contributed by atoms with van der Waals surface area (Å²) in [6.07, 6.45) is 0. The van der Waals surface area contributed by atoms with Gasteiger partial charge in [0, 0.05) is 19.6 Å². The van der Waals surface area contributed by atoms with Crippen molar-refractivity contribution in [2.75, 3.05) is 33.3 Å². The van der Waals surface area contributed by atoms with E-state index in [-0.39, 0.29) is 24.5 Å². The van der Waals surface area contributed by atoms with Crippen molar-refractivity contribution in [1.29, 1.82) is 0 Å². The van der Waals surface area contributed by atoms with Crippen molar-refractivity contribution in [3.05, 3.63) is 35.9 Å². The van der Waals surface area contributed by atoms with E-state index in [1.165, 1.54) is 0 Å². The third kappa shape index (κ3) is 3.13. The predicted molar refractivity (Wildman–Crippen MR) is 81.0 cm³/mol. The highest BCUT2D eigenvalue weighted by Gasteiger charge is 2.42. The summed E-state index contributed by atoms with van der Waals surface area (Å²) < 4.78 is 5.61. The summed E-state index contributed by atoms with van der Waals surface area (Å²) in [6.45, 7) is 2.63. The molecule has 2 fully saturated rings. The largest absolute Gasteiger partial charge is 0.374 e. The first-order chi connectivity index (χ1) is 10.6. The van der Waals surface area contributed by atoms with Crippen LogP contribution in [0.5, 0.6) is 0 Å². The molecule has 0 aliphatic carbocycles. The Morgan fingerprint density at radius 1 is 1.23 bits per heavy atom. The summed E-state index contributed by atoms with van der Waals surface area (Å²) >= 11 is 0. The van der Waals surface area contributed by atoms with Crippen molar-refractivity contribution in [2.45, 2.75) is 18.7 Å². The number of piperazine rings is 2. The average molecular weight is 303 g/mol. The molecule has 22 heavy (non-hydrogen) atoms. The highest BCUT2D eigenvalue weighted by atomic mass is 16.5. The van der Waals surface area contributed by atoms with Gasteiger partial charge in [0.15, 0.2) is 0 Å². The number of ether oxygens (including phenoxy) is 1. The molecule has 2 unspecified atom stereocenters.